The highest BCUT2D eigenvalue weighted by Crippen LogP contribution is 2.13. The van der Waals surface area contributed by atoms with E-state index in [1.807, 2.05) is 19.1 Å². The number of benzene rings is 1. The van der Waals surface area contributed by atoms with Crippen LogP contribution in [0.25, 0.3) is 0 Å². The number of carbonyl (C=O) groups excluding carboxylic acids is 1. The minimum absolute atomic E-state index is 0.0239. The van der Waals surface area contributed by atoms with Gasteiger partial charge in [-0.3, -0.25) is 4.79 Å². The van der Waals surface area contributed by atoms with E-state index in [0.717, 1.165) is 5.56 Å². The van der Waals surface area contributed by atoms with Crippen LogP contribution in [-0.4, -0.2) is 41.0 Å². The van der Waals surface area contributed by atoms with Crippen LogP contribution in [0.5, 0.6) is 5.75 Å². The Labute approximate surface area is 113 Å². The van der Waals surface area contributed by atoms with Crippen molar-refractivity contribution in [3.05, 3.63) is 29.8 Å². The summed E-state index contributed by atoms with van der Waals surface area (Å²) in [6.07, 6.45) is -0.669. The summed E-state index contributed by atoms with van der Waals surface area (Å²) >= 11 is 0. The average Bonchev–Trinajstić information content (AvgIpc) is 2.38. The second kappa shape index (κ2) is 6.54. The highest BCUT2D eigenvalue weighted by atomic mass is 16.5. The Balaban J connectivity index is 2.47. The molecule has 1 aromatic rings. The third kappa shape index (κ3) is 5.28. The van der Waals surface area contributed by atoms with Crippen LogP contribution >= 0.6 is 0 Å². The van der Waals surface area contributed by atoms with Crippen LogP contribution in [-0.2, 0) is 4.79 Å². The van der Waals surface area contributed by atoms with Crippen LogP contribution in [0.3, 0.4) is 0 Å². The predicted molar refractivity (Wildman–Crippen MR) is 72.0 cm³/mol. The molecule has 1 aromatic carbocycles. The van der Waals surface area contributed by atoms with Crippen molar-refractivity contribution >= 4 is 5.91 Å². The zero-order chi connectivity index (χ0) is 14.5. The maximum Gasteiger partial charge on any atom is 0.260 e. The molecule has 0 heterocycles. The maximum atomic E-state index is 11.7. The number of hydrogen-bond acceptors (Lipinski definition) is 4. The van der Waals surface area contributed by atoms with Crippen molar-refractivity contribution < 1.29 is 19.7 Å². The average molecular weight is 267 g/mol. The molecule has 3 N–H and O–H groups in total. The second-order valence-corrected chi connectivity index (χ2v) is 4.95. The molecule has 0 radical (unpaired) electrons. The van der Waals surface area contributed by atoms with Crippen molar-refractivity contribution in [1.29, 1.82) is 0 Å². The fourth-order valence-electron chi connectivity index (χ4n) is 1.35. The van der Waals surface area contributed by atoms with Crippen LogP contribution in [0.4, 0.5) is 0 Å². The van der Waals surface area contributed by atoms with Crippen LogP contribution in [0.1, 0.15) is 19.4 Å². The summed E-state index contributed by atoms with van der Waals surface area (Å²) in [5.74, 6) is 0.275. The minimum atomic E-state index is -1.32. The second-order valence-electron chi connectivity index (χ2n) is 4.95. The number of nitrogens with one attached hydrogen (secondary N) is 1. The normalized spacial score (nSPS) is 15.4. The Morgan fingerprint density at radius 3 is 2.53 bits per heavy atom. The van der Waals surface area contributed by atoms with Gasteiger partial charge in [-0.15, -0.1) is 0 Å². The topological polar surface area (TPSA) is 78.8 Å². The number of amides is 1. The van der Waals surface area contributed by atoms with Crippen LogP contribution < -0.4 is 10.1 Å². The molecule has 0 bridgehead atoms. The molecule has 1 amide bonds. The predicted octanol–water partition coefficient (Wildman–Crippen LogP) is 0.622. The van der Waals surface area contributed by atoms with Crippen molar-refractivity contribution in [3.8, 4) is 5.75 Å². The first-order valence-corrected chi connectivity index (χ1v) is 6.18. The van der Waals surface area contributed by atoms with Gasteiger partial charge in [-0.05, 0) is 32.9 Å². The Morgan fingerprint density at radius 2 is 2.00 bits per heavy atom. The van der Waals surface area contributed by atoms with Gasteiger partial charge in [0.1, 0.15) is 11.4 Å². The molecular weight excluding hydrogens is 246 g/mol. The zero-order valence-corrected chi connectivity index (χ0v) is 11.5. The largest absolute Gasteiger partial charge is 0.481 e. The Kier molecular flexibility index (Phi) is 5.32. The molecule has 2 unspecified atom stereocenters. The number of hydrogen-bond donors (Lipinski definition) is 3. The van der Waals surface area contributed by atoms with Gasteiger partial charge >= 0.3 is 0 Å². The quantitative estimate of drug-likeness (QED) is 0.706. The lowest BCUT2D eigenvalue weighted by atomic mass is 10.1. The smallest absolute Gasteiger partial charge is 0.260 e. The first-order valence-electron chi connectivity index (χ1n) is 6.18. The summed E-state index contributed by atoms with van der Waals surface area (Å²) in [6.45, 7) is 4.60. The molecule has 106 valence electrons. The molecule has 0 saturated heterocycles. The maximum absolute atomic E-state index is 11.7. The lowest BCUT2D eigenvalue weighted by Crippen LogP contribution is -2.46. The monoisotopic (exact) mass is 267 g/mol. The first-order chi connectivity index (χ1) is 8.84. The lowest BCUT2D eigenvalue weighted by Gasteiger charge is -2.22. The highest BCUT2D eigenvalue weighted by Gasteiger charge is 2.22. The van der Waals surface area contributed by atoms with Gasteiger partial charge in [0.25, 0.3) is 5.91 Å². The molecule has 0 aliphatic carbocycles. The summed E-state index contributed by atoms with van der Waals surface area (Å²) < 4.78 is 5.47. The molecule has 0 spiro atoms. The molecule has 0 aromatic heterocycles. The van der Waals surface area contributed by atoms with Crippen molar-refractivity contribution in [2.75, 3.05) is 13.2 Å². The zero-order valence-electron chi connectivity index (χ0n) is 11.5. The number of ether oxygens (including phenoxy) is 1. The van der Waals surface area contributed by atoms with E-state index in [-0.39, 0.29) is 12.5 Å². The van der Waals surface area contributed by atoms with E-state index in [1.165, 1.54) is 6.92 Å². The first kappa shape index (κ1) is 15.5. The minimum Gasteiger partial charge on any atom is -0.481 e. The van der Waals surface area contributed by atoms with E-state index in [9.17, 15) is 9.90 Å². The fraction of sp³-hybridized carbons (Fsp3) is 0.500. The van der Waals surface area contributed by atoms with Gasteiger partial charge in [0, 0.05) is 6.54 Å². The summed E-state index contributed by atoms with van der Waals surface area (Å²) in [4.78, 5) is 11.7. The molecule has 19 heavy (non-hydrogen) atoms. The molecule has 5 nitrogen and oxygen atoms in total. The molecule has 0 saturated carbocycles. The lowest BCUT2D eigenvalue weighted by molar-refractivity contribution is -0.128. The number of rotatable bonds is 6. The number of aliphatic hydroxyl groups excluding tert-OH is 1. The van der Waals surface area contributed by atoms with Crippen LogP contribution in [0.15, 0.2) is 24.3 Å². The summed E-state index contributed by atoms with van der Waals surface area (Å²) in [6, 6.07) is 7.39. The van der Waals surface area contributed by atoms with Crippen molar-refractivity contribution in [2.45, 2.75) is 32.5 Å². The van der Waals surface area contributed by atoms with E-state index in [2.05, 4.69) is 5.32 Å². The third-order valence-electron chi connectivity index (χ3n) is 2.69. The standard InChI is InChI=1S/C14H21NO4/c1-10-4-6-12(7-5-10)19-11(2)13(17)15-8-14(3,18)9-16/h4-7,11,16,18H,8-9H2,1-3H3,(H,15,17). The van der Waals surface area contributed by atoms with E-state index >= 15 is 0 Å². The Hall–Kier alpha value is -1.59. The van der Waals surface area contributed by atoms with Crippen LogP contribution in [0, 0.1) is 6.92 Å². The van der Waals surface area contributed by atoms with Gasteiger partial charge in [-0.2, -0.15) is 0 Å². The van der Waals surface area contributed by atoms with E-state index in [1.54, 1.807) is 19.1 Å². The summed E-state index contributed by atoms with van der Waals surface area (Å²) in [7, 11) is 0. The molecule has 0 fully saturated rings. The molecule has 0 aliphatic heterocycles. The Bertz CT molecular complexity index is 414. The van der Waals surface area contributed by atoms with Crippen molar-refractivity contribution in [1.82, 2.24) is 5.32 Å². The fourth-order valence-corrected chi connectivity index (χ4v) is 1.35. The summed E-state index contributed by atoms with van der Waals surface area (Å²) in [5, 5.41) is 21.0. The van der Waals surface area contributed by atoms with Gasteiger partial charge in [0.2, 0.25) is 0 Å². The SMILES string of the molecule is Cc1ccc(OC(C)C(=O)NCC(C)(O)CO)cc1. The van der Waals surface area contributed by atoms with Crippen molar-refractivity contribution in [2.24, 2.45) is 0 Å². The van der Waals surface area contributed by atoms with Gasteiger partial charge < -0.3 is 20.3 Å². The molecule has 0 aliphatic rings. The van der Waals surface area contributed by atoms with Crippen molar-refractivity contribution in [3.63, 3.8) is 0 Å². The van der Waals surface area contributed by atoms with Gasteiger partial charge in [0.05, 0.1) is 6.61 Å². The third-order valence-corrected chi connectivity index (χ3v) is 2.69. The Morgan fingerprint density at radius 1 is 1.42 bits per heavy atom. The van der Waals surface area contributed by atoms with Crippen LogP contribution in [0.2, 0.25) is 0 Å². The highest BCUT2D eigenvalue weighted by molar-refractivity contribution is 5.80. The molecule has 5 heteroatoms. The van der Waals surface area contributed by atoms with Gasteiger partial charge in [0.15, 0.2) is 6.10 Å². The van der Waals surface area contributed by atoms with Gasteiger partial charge in [-0.25, -0.2) is 0 Å². The molecule has 1 rings (SSSR count). The van der Waals surface area contributed by atoms with E-state index in [0.29, 0.717) is 5.75 Å². The number of aliphatic hydroxyl groups is 2. The van der Waals surface area contributed by atoms with Gasteiger partial charge in [-0.1, -0.05) is 17.7 Å². The summed E-state index contributed by atoms with van der Waals surface area (Å²) in [5.41, 5.74) is -0.206. The van der Waals surface area contributed by atoms with E-state index < -0.39 is 18.3 Å². The number of carbonyl (C=O) groups is 1. The van der Waals surface area contributed by atoms with E-state index in [4.69, 9.17) is 9.84 Å². The number of aryl methyl sites for hydroxylation is 1. The molecular formula is C14H21NO4. The molecule has 2 atom stereocenters.